The van der Waals surface area contributed by atoms with E-state index in [9.17, 15) is 19.1 Å². The van der Waals surface area contributed by atoms with E-state index >= 15 is 0 Å². The molecule has 5 aromatic rings. The van der Waals surface area contributed by atoms with Crippen molar-refractivity contribution in [3.63, 3.8) is 0 Å². The van der Waals surface area contributed by atoms with Crippen molar-refractivity contribution in [1.82, 2.24) is 10.2 Å². The largest absolute Gasteiger partial charge is 0.507 e. The predicted octanol–water partition coefficient (Wildman–Crippen LogP) is 7.48. The third-order valence-electron chi connectivity index (χ3n) is 7.07. The highest BCUT2D eigenvalue weighted by Crippen LogP contribution is 2.44. The number of benzene rings is 4. The molecule has 2 heterocycles. The van der Waals surface area contributed by atoms with Crippen LogP contribution >= 0.6 is 23.1 Å². The van der Waals surface area contributed by atoms with Crippen molar-refractivity contribution in [2.24, 2.45) is 0 Å². The summed E-state index contributed by atoms with van der Waals surface area (Å²) in [5.74, 6) is -1.16. The molecule has 1 fully saturated rings. The number of ether oxygens (including phenoxy) is 1. The zero-order chi connectivity index (χ0) is 30.6. The molecule has 1 amide bonds. The zero-order valence-electron chi connectivity index (χ0n) is 23.5. The molecule has 0 bridgehead atoms. The molecule has 7 nitrogen and oxygen atoms in total. The van der Waals surface area contributed by atoms with Crippen LogP contribution in [0.15, 0.2) is 113 Å². The van der Waals surface area contributed by atoms with E-state index < -0.39 is 17.7 Å². The molecule has 44 heavy (non-hydrogen) atoms. The molecule has 0 spiro atoms. The Morgan fingerprint density at radius 1 is 0.932 bits per heavy atom. The van der Waals surface area contributed by atoms with E-state index in [2.05, 4.69) is 10.2 Å². The molecule has 10 heteroatoms. The first-order valence-electron chi connectivity index (χ1n) is 13.7. The van der Waals surface area contributed by atoms with Crippen molar-refractivity contribution in [2.75, 3.05) is 4.90 Å². The summed E-state index contributed by atoms with van der Waals surface area (Å²) in [6.07, 6.45) is 0. The lowest BCUT2D eigenvalue weighted by molar-refractivity contribution is -0.132. The van der Waals surface area contributed by atoms with Crippen LogP contribution in [0.5, 0.6) is 5.75 Å². The third-order valence-corrected chi connectivity index (χ3v) is 9.20. The summed E-state index contributed by atoms with van der Waals surface area (Å²) in [5.41, 5.74) is 3.82. The minimum Gasteiger partial charge on any atom is -0.507 e. The van der Waals surface area contributed by atoms with Crippen LogP contribution in [0, 0.1) is 12.7 Å². The standard InChI is InChI=1S/C34H26FN3O4S2/c1-21-10-14-24(15-11-21)30(39)28-29(25-8-5-9-27(18-25)42-19-22-6-3-2-4-7-22)38(32(41)31(28)40)33-36-37-34(44-33)43-20-23-12-16-26(35)17-13-23/h2-18,29,39H,19-20H2,1H3/b30-28+. The van der Waals surface area contributed by atoms with Gasteiger partial charge >= 0.3 is 5.91 Å². The average Bonchev–Trinajstić information content (AvgIpc) is 3.62. The molecule has 1 aliphatic rings. The number of amides is 1. The summed E-state index contributed by atoms with van der Waals surface area (Å²) in [6, 6.07) is 29.1. The van der Waals surface area contributed by atoms with E-state index in [4.69, 9.17) is 4.74 Å². The Morgan fingerprint density at radius 2 is 1.68 bits per heavy atom. The molecular formula is C34H26FN3O4S2. The molecular weight excluding hydrogens is 598 g/mol. The van der Waals surface area contributed by atoms with Gasteiger partial charge in [-0.05, 0) is 47.9 Å². The molecule has 1 aromatic heterocycles. The molecule has 4 aromatic carbocycles. The molecule has 0 saturated carbocycles. The molecule has 1 N–H and O–H groups in total. The highest BCUT2D eigenvalue weighted by molar-refractivity contribution is 8.00. The first-order chi connectivity index (χ1) is 21.4. The lowest BCUT2D eigenvalue weighted by Gasteiger charge is -2.23. The number of anilines is 1. The number of hydrogen-bond donors (Lipinski definition) is 1. The maximum Gasteiger partial charge on any atom is 0.301 e. The van der Waals surface area contributed by atoms with Gasteiger partial charge in [0.25, 0.3) is 5.78 Å². The Hall–Kier alpha value is -4.80. The number of carbonyl (C=O) groups is 2. The number of rotatable bonds is 9. The van der Waals surface area contributed by atoms with Gasteiger partial charge in [-0.15, -0.1) is 10.2 Å². The first kappa shape index (κ1) is 29.3. The second kappa shape index (κ2) is 12.8. The topological polar surface area (TPSA) is 92.6 Å². The Kier molecular flexibility index (Phi) is 8.53. The fraction of sp³-hybridized carbons (Fsp3) is 0.118. The number of aliphatic hydroxyl groups is 1. The summed E-state index contributed by atoms with van der Waals surface area (Å²) in [4.78, 5) is 28.5. The Labute approximate surface area is 261 Å². The van der Waals surface area contributed by atoms with Crippen molar-refractivity contribution in [2.45, 2.75) is 29.7 Å². The fourth-order valence-electron chi connectivity index (χ4n) is 4.81. The second-order valence-corrected chi connectivity index (χ2v) is 12.3. The van der Waals surface area contributed by atoms with Crippen LogP contribution < -0.4 is 9.64 Å². The van der Waals surface area contributed by atoms with Gasteiger partial charge in [0.1, 0.15) is 23.9 Å². The van der Waals surface area contributed by atoms with Gasteiger partial charge in [-0.25, -0.2) is 4.39 Å². The number of aromatic nitrogens is 2. The summed E-state index contributed by atoms with van der Waals surface area (Å²) in [6.45, 7) is 2.25. The van der Waals surface area contributed by atoms with E-state index in [-0.39, 0.29) is 22.3 Å². The number of nitrogens with zero attached hydrogens (tertiary/aromatic N) is 3. The maximum absolute atomic E-state index is 13.6. The second-order valence-electron chi connectivity index (χ2n) is 10.1. The van der Waals surface area contributed by atoms with Crippen molar-refractivity contribution in [3.05, 3.63) is 142 Å². The van der Waals surface area contributed by atoms with Crippen molar-refractivity contribution < 1.29 is 23.8 Å². The number of aryl methyl sites for hydroxylation is 1. The zero-order valence-corrected chi connectivity index (χ0v) is 25.1. The van der Waals surface area contributed by atoms with E-state index in [1.165, 1.54) is 28.8 Å². The Morgan fingerprint density at radius 3 is 2.43 bits per heavy atom. The highest BCUT2D eigenvalue weighted by atomic mass is 32.2. The van der Waals surface area contributed by atoms with Crippen LogP contribution in [0.25, 0.3) is 5.76 Å². The van der Waals surface area contributed by atoms with Gasteiger partial charge < -0.3 is 9.84 Å². The van der Waals surface area contributed by atoms with Crippen LogP contribution in [-0.4, -0.2) is 27.0 Å². The Bertz CT molecular complexity index is 1840. The molecule has 0 radical (unpaired) electrons. The molecule has 220 valence electrons. The van der Waals surface area contributed by atoms with E-state index in [0.29, 0.717) is 33.6 Å². The van der Waals surface area contributed by atoms with Crippen LogP contribution in [0.2, 0.25) is 0 Å². The molecule has 0 aliphatic carbocycles. The van der Waals surface area contributed by atoms with Crippen molar-refractivity contribution in [3.8, 4) is 5.75 Å². The number of Topliss-reactive ketones (excluding diaryl/α,β-unsaturated/α-hetero) is 1. The highest BCUT2D eigenvalue weighted by Gasteiger charge is 2.48. The summed E-state index contributed by atoms with van der Waals surface area (Å²) in [7, 11) is 0. The smallest absolute Gasteiger partial charge is 0.301 e. The molecule has 1 aliphatic heterocycles. The number of hydrogen-bond acceptors (Lipinski definition) is 8. The number of aliphatic hydroxyl groups excluding tert-OH is 1. The number of ketones is 1. The van der Waals surface area contributed by atoms with Gasteiger partial charge in [0.15, 0.2) is 4.34 Å². The van der Waals surface area contributed by atoms with Gasteiger partial charge in [-0.2, -0.15) is 0 Å². The van der Waals surface area contributed by atoms with Crippen LogP contribution in [0.4, 0.5) is 9.52 Å². The lowest BCUT2D eigenvalue weighted by atomic mass is 9.95. The molecule has 6 rings (SSSR count). The summed E-state index contributed by atoms with van der Waals surface area (Å²) >= 11 is 2.55. The normalized spacial score (nSPS) is 16.0. The van der Waals surface area contributed by atoms with E-state index in [1.807, 2.05) is 49.4 Å². The molecule has 1 saturated heterocycles. The Balaban J connectivity index is 1.36. The van der Waals surface area contributed by atoms with Crippen molar-refractivity contribution in [1.29, 1.82) is 0 Å². The molecule has 1 unspecified atom stereocenters. The monoisotopic (exact) mass is 623 g/mol. The number of thioether (sulfide) groups is 1. The summed E-state index contributed by atoms with van der Waals surface area (Å²) in [5, 5.41) is 20.2. The lowest BCUT2D eigenvalue weighted by Crippen LogP contribution is -2.29. The average molecular weight is 624 g/mol. The maximum atomic E-state index is 13.6. The van der Waals surface area contributed by atoms with Gasteiger partial charge in [0, 0.05) is 11.3 Å². The first-order valence-corrected chi connectivity index (χ1v) is 15.5. The minimum atomic E-state index is -0.973. The van der Waals surface area contributed by atoms with Gasteiger partial charge in [-0.3, -0.25) is 14.5 Å². The van der Waals surface area contributed by atoms with E-state index in [0.717, 1.165) is 28.0 Å². The predicted molar refractivity (Wildman–Crippen MR) is 169 cm³/mol. The van der Waals surface area contributed by atoms with Crippen LogP contribution in [-0.2, 0) is 21.9 Å². The van der Waals surface area contributed by atoms with E-state index in [1.54, 1.807) is 48.5 Å². The minimum absolute atomic E-state index is 0.0465. The van der Waals surface area contributed by atoms with Gasteiger partial charge in [0.2, 0.25) is 5.13 Å². The SMILES string of the molecule is Cc1ccc(/C(O)=C2\C(=O)C(=O)N(c3nnc(SCc4ccc(F)cc4)s3)C2c2cccc(OCc3ccccc3)c2)cc1. The third kappa shape index (κ3) is 6.27. The number of halogens is 1. The van der Waals surface area contributed by atoms with Crippen LogP contribution in [0.3, 0.4) is 0 Å². The van der Waals surface area contributed by atoms with Crippen molar-refractivity contribution >= 4 is 45.7 Å². The number of carbonyl (C=O) groups excluding carboxylic acids is 2. The van der Waals surface area contributed by atoms with Gasteiger partial charge in [0.05, 0.1) is 11.6 Å². The quantitative estimate of drug-likeness (QED) is 0.0598. The van der Waals surface area contributed by atoms with Crippen LogP contribution in [0.1, 0.15) is 33.9 Å². The summed E-state index contributed by atoms with van der Waals surface area (Å²) < 4.78 is 19.9. The molecule has 1 atom stereocenters. The van der Waals surface area contributed by atoms with Gasteiger partial charge in [-0.1, -0.05) is 108 Å². The fourth-order valence-corrected chi connectivity index (χ4v) is 6.63.